The molecule has 0 aliphatic carbocycles. The first-order valence-corrected chi connectivity index (χ1v) is 7.23. The molecule has 1 heterocycles. The van der Waals surface area contributed by atoms with E-state index in [1.165, 1.54) is 0 Å². The molecule has 0 spiro atoms. The number of carboxylic acid groups (broad SMARTS) is 1. The summed E-state index contributed by atoms with van der Waals surface area (Å²) >= 11 is 0. The third-order valence-corrected chi connectivity index (χ3v) is 3.75. The SMILES string of the molecule is Cc1ccc(CNC(=O)CC(C(=O)O)C2CCCO2)cc1. The first kappa shape index (κ1) is 15.5. The Morgan fingerprint density at radius 3 is 2.67 bits per heavy atom. The number of amides is 1. The molecule has 0 saturated carbocycles. The quantitative estimate of drug-likeness (QED) is 0.839. The Bertz CT molecular complexity index is 492. The van der Waals surface area contributed by atoms with Crippen LogP contribution in [0.15, 0.2) is 24.3 Å². The fourth-order valence-corrected chi connectivity index (χ4v) is 2.48. The topological polar surface area (TPSA) is 75.6 Å². The second-order valence-corrected chi connectivity index (χ2v) is 5.46. The van der Waals surface area contributed by atoms with Crippen molar-refractivity contribution >= 4 is 11.9 Å². The maximum atomic E-state index is 11.9. The van der Waals surface area contributed by atoms with Gasteiger partial charge in [0.25, 0.3) is 0 Å². The third kappa shape index (κ3) is 4.56. The molecule has 1 aliphatic rings. The number of carboxylic acids is 1. The van der Waals surface area contributed by atoms with E-state index in [1.807, 2.05) is 31.2 Å². The van der Waals surface area contributed by atoms with E-state index in [0.29, 0.717) is 19.6 Å². The van der Waals surface area contributed by atoms with Gasteiger partial charge < -0.3 is 15.2 Å². The molecule has 1 aliphatic heterocycles. The van der Waals surface area contributed by atoms with Crippen LogP contribution in [0.3, 0.4) is 0 Å². The van der Waals surface area contributed by atoms with Crippen LogP contribution in [0.5, 0.6) is 0 Å². The number of aryl methyl sites for hydroxylation is 1. The van der Waals surface area contributed by atoms with Crippen LogP contribution in [-0.2, 0) is 20.9 Å². The highest BCUT2D eigenvalue weighted by atomic mass is 16.5. The van der Waals surface area contributed by atoms with Crippen LogP contribution in [0.2, 0.25) is 0 Å². The highest BCUT2D eigenvalue weighted by Gasteiger charge is 2.33. The van der Waals surface area contributed by atoms with Gasteiger partial charge in [0.2, 0.25) is 5.91 Å². The first-order chi connectivity index (χ1) is 10.1. The number of rotatable bonds is 6. The average molecular weight is 291 g/mol. The molecule has 5 nitrogen and oxygen atoms in total. The smallest absolute Gasteiger partial charge is 0.309 e. The van der Waals surface area contributed by atoms with Crippen molar-refractivity contribution in [3.8, 4) is 0 Å². The molecule has 2 unspecified atom stereocenters. The van der Waals surface area contributed by atoms with Gasteiger partial charge >= 0.3 is 5.97 Å². The van der Waals surface area contributed by atoms with Crippen molar-refractivity contribution in [1.82, 2.24) is 5.32 Å². The normalized spacial score (nSPS) is 19.2. The molecule has 1 saturated heterocycles. The molecular weight excluding hydrogens is 270 g/mol. The van der Waals surface area contributed by atoms with Gasteiger partial charge in [-0.15, -0.1) is 0 Å². The van der Waals surface area contributed by atoms with Crippen LogP contribution in [-0.4, -0.2) is 29.7 Å². The van der Waals surface area contributed by atoms with Crippen LogP contribution in [0.4, 0.5) is 0 Å². The molecule has 5 heteroatoms. The van der Waals surface area contributed by atoms with Gasteiger partial charge in [-0.1, -0.05) is 29.8 Å². The summed E-state index contributed by atoms with van der Waals surface area (Å²) in [4.78, 5) is 23.2. The standard InChI is InChI=1S/C16H21NO4/c1-11-4-6-12(7-5-11)10-17-15(18)9-13(16(19)20)14-3-2-8-21-14/h4-7,13-14H,2-3,8-10H2,1H3,(H,17,18)(H,19,20). The molecule has 2 rings (SSSR count). The minimum absolute atomic E-state index is 0.0359. The third-order valence-electron chi connectivity index (χ3n) is 3.75. The zero-order valence-corrected chi connectivity index (χ0v) is 12.2. The Morgan fingerprint density at radius 2 is 2.10 bits per heavy atom. The molecule has 2 atom stereocenters. The van der Waals surface area contributed by atoms with E-state index in [-0.39, 0.29) is 18.4 Å². The van der Waals surface area contributed by atoms with E-state index in [2.05, 4.69) is 5.32 Å². The highest BCUT2D eigenvalue weighted by molar-refractivity contribution is 5.82. The Hall–Kier alpha value is -1.88. The number of aliphatic carboxylic acids is 1. The van der Waals surface area contributed by atoms with Crippen molar-refractivity contribution in [2.45, 2.75) is 38.8 Å². The second kappa shape index (κ2) is 7.22. The van der Waals surface area contributed by atoms with E-state index < -0.39 is 11.9 Å². The highest BCUT2D eigenvalue weighted by Crippen LogP contribution is 2.23. The molecule has 1 fully saturated rings. The van der Waals surface area contributed by atoms with Gasteiger partial charge in [-0.05, 0) is 25.3 Å². The lowest BCUT2D eigenvalue weighted by Gasteiger charge is -2.18. The van der Waals surface area contributed by atoms with Crippen LogP contribution >= 0.6 is 0 Å². The van der Waals surface area contributed by atoms with Gasteiger partial charge in [0, 0.05) is 19.6 Å². The number of carbonyl (C=O) groups is 2. The van der Waals surface area contributed by atoms with Crippen molar-refractivity contribution in [2.24, 2.45) is 5.92 Å². The van der Waals surface area contributed by atoms with E-state index in [1.54, 1.807) is 0 Å². The summed E-state index contributed by atoms with van der Waals surface area (Å²) in [7, 11) is 0. The molecular formula is C16H21NO4. The maximum absolute atomic E-state index is 11.9. The lowest BCUT2D eigenvalue weighted by atomic mass is 9.96. The summed E-state index contributed by atoms with van der Waals surface area (Å²) < 4.78 is 5.39. The van der Waals surface area contributed by atoms with Gasteiger partial charge in [0.05, 0.1) is 12.0 Å². The summed E-state index contributed by atoms with van der Waals surface area (Å²) in [5.41, 5.74) is 2.16. The van der Waals surface area contributed by atoms with Crippen molar-refractivity contribution in [3.63, 3.8) is 0 Å². The molecule has 1 aromatic carbocycles. The number of hydrogen-bond donors (Lipinski definition) is 2. The summed E-state index contributed by atoms with van der Waals surface area (Å²) in [5.74, 6) is -1.98. The predicted molar refractivity (Wildman–Crippen MR) is 77.7 cm³/mol. The Labute approximate surface area is 124 Å². The van der Waals surface area contributed by atoms with Crippen LogP contribution in [0, 0.1) is 12.8 Å². The number of nitrogens with one attached hydrogen (secondary N) is 1. The fraction of sp³-hybridized carbons (Fsp3) is 0.500. The summed E-state index contributed by atoms with van der Waals surface area (Å²) in [6, 6.07) is 7.86. The number of hydrogen-bond acceptors (Lipinski definition) is 3. The molecule has 2 N–H and O–H groups in total. The molecule has 0 radical (unpaired) electrons. The minimum atomic E-state index is -0.965. The predicted octanol–water partition coefficient (Wildman–Crippen LogP) is 1.88. The average Bonchev–Trinajstić information content (AvgIpc) is 2.97. The molecule has 114 valence electrons. The number of benzene rings is 1. The number of carbonyl (C=O) groups excluding carboxylic acids is 1. The maximum Gasteiger partial charge on any atom is 0.309 e. The van der Waals surface area contributed by atoms with E-state index in [9.17, 15) is 14.7 Å². The molecule has 1 amide bonds. The Balaban J connectivity index is 1.84. The van der Waals surface area contributed by atoms with E-state index in [4.69, 9.17) is 4.74 Å². The van der Waals surface area contributed by atoms with Crippen LogP contribution in [0.1, 0.15) is 30.4 Å². The summed E-state index contributed by atoms with van der Waals surface area (Å²) in [5, 5.41) is 12.0. The van der Waals surface area contributed by atoms with Gasteiger partial charge in [-0.2, -0.15) is 0 Å². The van der Waals surface area contributed by atoms with Crippen molar-refractivity contribution in [1.29, 1.82) is 0 Å². The van der Waals surface area contributed by atoms with Gasteiger partial charge in [-0.25, -0.2) is 0 Å². The van der Waals surface area contributed by atoms with E-state index >= 15 is 0 Å². The van der Waals surface area contributed by atoms with Crippen molar-refractivity contribution < 1.29 is 19.4 Å². The largest absolute Gasteiger partial charge is 0.481 e. The minimum Gasteiger partial charge on any atom is -0.481 e. The zero-order chi connectivity index (χ0) is 15.2. The molecule has 0 aromatic heterocycles. The van der Waals surface area contributed by atoms with Crippen molar-refractivity contribution in [3.05, 3.63) is 35.4 Å². The van der Waals surface area contributed by atoms with Gasteiger partial charge in [0.15, 0.2) is 0 Å². The Morgan fingerprint density at radius 1 is 1.38 bits per heavy atom. The van der Waals surface area contributed by atoms with Gasteiger partial charge in [0.1, 0.15) is 0 Å². The number of ether oxygens (including phenoxy) is 1. The van der Waals surface area contributed by atoms with Crippen molar-refractivity contribution in [2.75, 3.05) is 6.61 Å². The lowest BCUT2D eigenvalue weighted by molar-refractivity contribution is -0.148. The summed E-state index contributed by atoms with van der Waals surface area (Å²) in [6.07, 6.45) is 1.20. The monoisotopic (exact) mass is 291 g/mol. The molecule has 1 aromatic rings. The van der Waals surface area contributed by atoms with Crippen LogP contribution < -0.4 is 5.32 Å². The summed E-state index contributed by atoms with van der Waals surface area (Å²) in [6.45, 7) is 3.00. The second-order valence-electron chi connectivity index (χ2n) is 5.46. The molecule has 21 heavy (non-hydrogen) atoms. The Kier molecular flexibility index (Phi) is 5.33. The molecule has 0 bridgehead atoms. The van der Waals surface area contributed by atoms with E-state index in [0.717, 1.165) is 17.5 Å². The zero-order valence-electron chi connectivity index (χ0n) is 12.2. The van der Waals surface area contributed by atoms with Crippen LogP contribution in [0.25, 0.3) is 0 Å². The first-order valence-electron chi connectivity index (χ1n) is 7.23. The lowest BCUT2D eigenvalue weighted by Crippen LogP contribution is -2.34. The van der Waals surface area contributed by atoms with Gasteiger partial charge in [-0.3, -0.25) is 9.59 Å². The fourth-order valence-electron chi connectivity index (χ4n) is 2.48.